The number of unbranched alkanes of at least 4 members (excludes halogenated alkanes) is 1. The van der Waals surface area contributed by atoms with Crippen molar-refractivity contribution in [3.8, 4) is 5.75 Å². The van der Waals surface area contributed by atoms with Gasteiger partial charge in [0.05, 0.1) is 11.1 Å². The third-order valence-corrected chi connectivity index (χ3v) is 5.65. The third-order valence-electron chi connectivity index (χ3n) is 3.91. The molecule has 1 atom stereocenters. The zero-order valence-corrected chi connectivity index (χ0v) is 17.5. The molecule has 1 aromatic heterocycles. The van der Waals surface area contributed by atoms with Gasteiger partial charge >= 0.3 is 5.97 Å². The zero-order valence-electron chi connectivity index (χ0n) is 16.0. The first-order chi connectivity index (χ1) is 14.3. The van der Waals surface area contributed by atoms with E-state index in [1.807, 2.05) is 0 Å². The Labute approximate surface area is 179 Å². The molecule has 1 unspecified atom stereocenters. The molecule has 1 aromatic carbocycles. The fourth-order valence-corrected chi connectivity index (χ4v) is 3.69. The van der Waals surface area contributed by atoms with E-state index in [1.54, 1.807) is 18.3 Å². The lowest BCUT2D eigenvalue weighted by Crippen LogP contribution is -2.50. The highest BCUT2D eigenvalue weighted by atomic mass is 35.5. The summed E-state index contributed by atoms with van der Waals surface area (Å²) >= 11 is 5.80. The van der Waals surface area contributed by atoms with Gasteiger partial charge in [0.2, 0.25) is 15.9 Å². The van der Waals surface area contributed by atoms with Crippen molar-refractivity contribution in [1.82, 2.24) is 15.0 Å². The van der Waals surface area contributed by atoms with Crippen LogP contribution in [0.2, 0.25) is 5.02 Å². The van der Waals surface area contributed by atoms with Gasteiger partial charge in [0, 0.05) is 24.2 Å². The minimum atomic E-state index is -4.01. The molecule has 162 valence electrons. The van der Waals surface area contributed by atoms with Crippen LogP contribution in [-0.4, -0.2) is 49.6 Å². The van der Waals surface area contributed by atoms with Crippen LogP contribution in [0, 0.1) is 0 Å². The topological polar surface area (TPSA) is 135 Å². The van der Waals surface area contributed by atoms with E-state index in [0.717, 1.165) is 0 Å². The average molecular weight is 456 g/mol. The van der Waals surface area contributed by atoms with E-state index in [1.165, 1.54) is 30.5 Å². The number of halogens is 1. The molecule has 0 radical (unpaired) electrons. The van der Waals surface area contributed by atoms with Crippen LogP contribution < -0.4 is 14.8 Å². The molecule has 2 aromatic rings. The van der Waals surface area contributed by atoms with Crippen LogP contribution in [0.25, 0.3) is 0 Å². The van der Waals surface area contributed by atoms with Crippen molar-refractivity contribution in [2.75, 3.05) is 13.2 Å². The molecule has 3 N–H and O–H groups in total. The summed E-state index contributed by atoms with van der Waals surface area (Å²) in [5.41, 5.74) is 0. The van der Waals surface area contributed by atoms with Gasteiger partial charge in [0.15, 0.2) is 0 Å². The van der Waals surface area contributed by atoms with Crippen LogP contribution in [0.4, 0.5) is 0 Å². The summed E-state index contributed by atoms with van der Waals surface area (Å²) in [7, 11) is -4.01. The number of hydrogen-bond acceptors (Lipinski definition) is 6. The predicted molar refractivity (Wildman–Crippen MR) is 110 cm³/mol. The molecule has 30 heavy (non-hydrogen) atoms. The second kappa shape index (κ2) is 11.5. The molecule has 0 aliphatic rings. The number of nitrogens with one attached hydrogen (secondary N) is 2. The van der Waals surface area contributed by atoms with Gasteiger partial charge in [-0.1, -0.05) is 11.6 Å². The first kappa shape index (κ1) is 23.6. The van der Waals surface area contributed by atoms with Crippen molar-refractivity contribution in [3.05, 3.63) is 53.8 Å². The van der Waals surface area contributed by atoms with Crippen LogP contribution in [0.3, 0.4) is 0 Å². The van der Waals surface area contributed by atoms with Gasteiger partial charge < -0.3 is 15.2 Å². The number of amides is 1. The highest BCUT2D eigenvalue weighted by molar-refractivity contribution is 7.89. The molecule has 9 nitrogen and oxygen atoms in total. The van der Waals surface area contributed by atoms with Crippen LogP contribution >= 0.6 is 11.6 Å². The quantitative estimate of drug-likeness (QED) is 0.415. The standard InChI is InChI=1S/C19H22ClN3O6S/c20-14-6-8-16(9-7-14)30(27,28)23-17(13-29-15-4-3-10-21-12-15)19(26)22-11-2-1-5-18(24)25/h3-4,6-10,12,17,23H,1-2,5,11,13H2,(H,22,26)(H,24,25). The molecule has 1 amide bonds. The Bertz CT molecular complexity index is 939. The fraction of sp³-hybridized carbons (Fsp3) is 0.316. The Hall–Kier alpha value is -2.69. The Morgan fingerprint density at radius 3 is 2.53 bits per heavy atom. The summed E-state index contributed by atoms with van der Waals surface area (Å²) in [6.45, 7) is -0.0579. The molecule has 11 heteroatoms. The largest absolute Gasteiger partial charge is 0.490 e. The Balaban J connectivity index is 2.04. The number of pyridine rings is 1. The summed E-state index contributed by atoms with van der Waals surface area (Å²) in [5.74, 6) is -1.13. The molecule has 2 rings (SSSR count). The number of carboxylic acids is 1. The van der Waals surface area contributed by atoms with Gasteiger partial charge in [-0.25, -0.2) is 8.42 Å². The van der Waals surface area contributed by atoms with E-state index in [0.29, 0.717) is 23.6 Å². The maximum Gasteiger partial charge on any atom is 0.303 e. The monoisotopic (exact) mass is 455 g/mol. The molecule has 0 saturated heterocycles. The number of ether oxygens (including phenoxy) is 1. The van der Waals surface area contributed by atoms with Crippen LogP contribution in [0.15, 0.2) is 53.7 Å². The third kappa shape index (κ3) is 7.97. The molecule has 0 aliphatic heterocycles. The summed E-state index contributed by atoms with van der Waals surface area (Å²) in [6.07, 6.45) is 3.82. The second-order valence-corrected chi connectivity index (χ2v) is 8.42. The van der Waals surface area contributed by atoms with Gasteiger partial charge in [0.1, 0.15) is 18.4 Å². The van der Waals surface area contributed by atoms with Gasteiger partial charge in [-0.2, -0.15) is 4.72 Å². The number of aliphatic carboxylic acids is 1. The zero-order chi connectivity index (χ0) is 22.0. The molecule has 0 saturated carbocycles. The first-order valence-electron chi connectivity index (χ1n) is 9.08. The normalized spacial score (nSPS) is 12.2. The maximum absolute atomic E-state index is 12.7. The highest BCUT2D eigenvalue weighted by Crippen LogP contribution is 2.15. The van der Waals surface area contributed by atoms with E-state index in [2.05, 4.69) is 15.0 Å². The number of aromatic nitrogens is 1. The molecular weight excluding hydrogens is 434 g/mol. The Kier molecular flexibility index (Phi) is 9.03. The number of benzene rings is 1. The molecular formula is C19H22ClN3O6S. The predicted octanol–water partition coefficient (Wildman–Crippen LogP) is 1.83. The second-order valence-electron chi connectivity index (χ2n) is 6.27. The maximum atomic E-state index is 12.7. The number of nitrogens with zero attached hydrogens (tertiary/aromatic N) is 1. The van der Waals surface area contributed by atoms with Crippen molar-refractivity contribution in [1.29, 1.82) is 0 Å². The summed E-state index contributed by atoms with van der Waals surface area (Å²) in [4.78, 5) is 26.9. The van der Waals surface area contributed by atoms with Crippen molar-refractivity contribution in [2.24, 2.45) is 0 Å². The lowest BCUT2D eigenvalue weighted by atomic mass is 10.2. The van der Waals surface area contributed by atoms with Crippen molar-refractivity contribution >= 4 is 33.5 Å². The highest BCUT2D eigenvalue weighted by Gasteiger charge is 2.26. The summed E-state index contributed by atoms with van der Waals surface area (Å²) < 4.78 is 33.1. The van der Waals surface area contributed by atoms with Gasteiger partial charge in [-0.05, 0) is 49.2 Å². The number of carboxylic acid groups (broad SMARTS) is 1. The van der Waals surface area contributed by atoms with E-state index in [-0.39, 0.29) is 24.5 Å². The van der Waals surface area contributed by atoms with Gasteiger partial charge in [-0.3, -0.25) is 14.6 Å². The summed E-state index contributed by atoms with van der Waals surface area (Å²) in [6, 6.07) is 7.57. The van der Waals surface area contributed by atoms with Crippen molar-refractivity contribution < 1.29 is 27.9 Å². The van der Waals surface area contributed by atoms with E-state index < -0.39 is 27.9 Å². The van der Waals surface area contributed by atoms with Crippen LogP contribution in [-0.2, 0) is 19.6 Å². The number of hydrogen-bond donors (Lipinski definition) is 3. The van der Waals surface area contributed by atoms with Gasteiger partial charge in [0.25, 0.3) is 0 Å². The molecule has 1 heterocycles. The Morgan fingerprint density at radius 2 is 1.90 bits per heavy atom. The van der Waals surface area contributed by atoms with Crippen LogP contribution in [0.5, 0.6) is 5.75 Å². The van der Waals surface area contributed by atoms with Crippen molar-refractivity contribution in [3.63, 3.8) is 0 Å². The lowest BCUT2D eigenvalue weighted by Gasteiger charge is -2.19. The van der Waals surface area contributed by atoms with E-state index in [4.69, 9.17) is 21.4 Å². The molecule has 0 fully saturated rings. The number of carbonyl (C=O) groups excluding carboxylic acids is 1. The summed E-state index contributed by atoms with van der Waals surface area (Å²) in [5, 5.41) is 11.6. The number of sulfonamides is 1. The molecule has 0 spiro atoms. The number of carbonyl (C=O) groups is 2. The van der Waals surface area contributed by atoms with E-state index in [9.17, 15) is 18.0 Å². The smallest absolute Gasteiger partial charge is 0.303 e. The SMILES string of the molecule is O=C(O)CCCCNC(=O)C(COc1cccnc1)NS(=O)(=O)c1ccc(Cl)cc1. The van der Waals surface area contributed by atoms with Gasteiger partial charge in [-0.15, -0.1) is 0 Å². The minimum Gasteiger partial charge on any atom is -0.490 e. The number of rotatable bonds is 12. The lowest BCUT2D eigenvalue weighted by molar-refractivity contribution is -0.137. The molecule has 0 bridgehead atoms. The minimum absolute atomic E-state index is 0.00733. The Morgan fingerprint density at radius 1 is 1.17 bits per heavy atom. The average Bonchev–Trinajstić information content (AvgIpc) is 2.71. The van der Waals surface area contributed by atoms with Crippen LogP contribution in [0.1, 0.15) is 19.3 Å². The van der Waals surface area contributed by atoms with Crippen molar-refractivity contribution in [2.45, 2.75) is 30.2 Å². The molecule has 0 aliphatic carbocycles. The van der Waals surface area contributed by atoms with E-state index >= 15 is 0 Å². The first-order valence-corrected chi connectivity index (χ1v) is 10.9. The fourth-order valence-electron chi connectivity index (χ4n) is 2.38.